The van der Waals surface area contributed by atoms with Gasteiger partial charge in [0, 0.05) is 25.5 Å². The Morgan fingerprint density at radius 3 is 2.75 bits per heavy atom. The number of nitrogens with zero attached hydrogens (tertiary/aromatic N) is 4. The lowest BCUT2D eigenvalue weighted by molar-refractivity contribution is 0.167. The van der Waals surface area contributed by atoms with Gasteiger partial charge in [-0.2, -0.15) is 0 Å². The first-order valence-electron chi connectivity index (χ1n) is 8.91. The molecule has 24 heavy (non-hydrogen) atoms. The van der Waals surface area contributed by atoms with Crippen molar-refractivity contribution in [1.29, 1.82) is 0 Å². The Balaban J connectivity index is 1.54. The topological polar surface area (TPSA) is 59.1 Å². The van der Waals surface area contributed by atoms with Crippen LogP contribution in [-0.4, -0.2) is 38.6 Å². The highest BCUT2D eigenvalue weighted by Gasteiger charge is 2.56. The lowest BCUT2D eigenvalue weighted by Gasteiger charge is -2.28. The number of hydrogen-bond donors (Lipinski definition) is 1. The monoisotopic (exact) mass is 329 g/mol. The Hall–Kier alpha value is -1.66. The third-order valence-electron chi connectivity index (χ3n) is 5.86. The molecule has 1 N–H and O–H groups in total. The van der Waals surface area contributed by atoms with Crippen LogP contribution in [0.3, 0.4) is 0 Å². The molecule has 1 aliphatic heterocycles. The summed E-state index contributed by atoms with van der Waals surface area (Å²) in [7, 11) is 2.06. The predicted molar refractivity (Wildman–Crippen MR) is 91.4 cm³/mol. The number of aryl methyl sites for hydroxylation is 3. The van der Waals surface area contributed by atoms with Crippen LogP contribution in [0.25, 0.3) is 0 Å². The van der Waals surface area contributed by atoms with Gasteiger partial charge in [-0.15, -0.1) is 0 Å². The van der Waals surface area contributed by atoms with E-state index in [9.17, 15) is 0 Å². The number of hydrogen-bond acceptors (Lipinski definition) is 5. The van der Waals surface area contributed by atoms with Crippen molar-refractivity contribution >= 4 is 0 Å². The number of nitrogens with one attached hydrogen (secondary N) is 1. The molecular weight excluding hydrogens is 302 g/mol. The highest BCUT2D eigenvalue weighted by Crippen LogP contribution is 2.56. The molecule has 2 aromatic heterocycles. The summed E-state index contributed by atoms with van der Waals surface area (Å²) in [5.41, 5.74) is 1.49. The molecule has 1 atom stereocenters. The normalized spacial score (nSPS) is 22.4. The van der Waals surface area contributed by atoms with Gasteiger partial charge in [-0.3, -0.25) is 4.90 Å². The zero-order valence-electron chi connectivity index (χ0n) is 14.9. The summed E-state index contributed by atoms with van der Waals surface area (Å²) in [4.78, 5) is 11.6. The third-order valence-corrected chi connectivity index (χ3v) is 5.86. The van der Waals surface area contributed by atoms with Crippen LogP contribution in [0.5, 0.6) is 0 Å². The second kappa shape index (κ2) is 6.01. The number of rotatable bonds is 5. The maximum atomic E-state index is 5.86. The van der Waals surface area contributed by atoms with Gasteiger partial charge in [0.25, 0.3) is 0 Å². The van der Waals surface area contributed by atoms with Crippen molar-refractivity contribution in [1.82, 2.24) is 24.8 Å². The molecule has 4 rings (SSSR count). The molecule has 6 heteroatoms. The van der Waals surface area contributed by atoms with Crippen LogP contribution in [-0.2, 0) is 20.1 Å². The van der Waals surface area contributed by atoms with Crippen molar-refractivity contribution in [3.8, 4) is 0 Å². The van der Waals surface area contributed by atoms with Crippen molar-refractivity contribution < 1.29 is 4.42 Å². The van der Waals surface area contributed by atoms with Crippen LogP contribution in [0.2, 0.25) is 0 Å². The van der Waals surface area contributed by atoms with E-state index in [1.807, 2.05) is 26.2 Å². The van der Waals surface area contributed by atoms with Gasteiger partial charge in [-0.25, -0.2) is 9.97 Å². The summed E-state index contributed by atoms with van der Waals surface area (Å²) in [6, 6.07) is 0.615. The molecule has 1 saturated carbocycles. The molecule has 130 valence electrons. The Labute approximate surface area is 143 Å². The van der Waals surface area contributed by atoms with E-state index in [4.69, 9.17) is 4.42 Å². The molecule has 0 amide bonds. The van der Waals surface area contributed by atoms with Crippen molar-refractivity contribution in [2.75, 3.05) is 13.1 Å². The lowest BCUT2D eigenvalue weighted by atomic mass is 9.93. The minimum absolute atomic E-state index is 0.493. The van der Waals surface area contributed by atoms with Crippen LogP contribution >= 0.6 is 0 Å². The smallest absolute Gasteiger partial charge is 0.208 e. The van der Waals surface area contributed by atoms with Gasteiger partial charge in [-0.05, 0) is 51.6 Å². The molecule has 1 spiro atoms. The second-order valence-corrected chi connectivity index (χ2v) is 7.44. The van der Waals surface area contributed by atoms with E-state index >= 15 is 0 Å². The van der Waals surface area contributed by atoms with Crippen molar-refractivity contribution in [2.24, 2.45) is 12.5 Å². The lowest BCUT2D eigenvalue weighted by Crippen LogP contribution is -2.36. The summed E-state index contributed by atoms with van der Waals surface area (Å²) < 4.78 is 7.96. The molecule has 1 aliphatic carbocycles. The first kappa shape index (κ1) is 15.8. The van der Waals surface area contributed by atoms with Gasteiger partial charge in [0.05, 0.1) is 18.8 Å². The summed E-state index contributed by atoms with van der Waals surface area (Å²) >= 11 is 0. The van der Waals surface area contributed by atoms with E-state index in [2.05, 4.69) is 31.8 Å². The summed E-state index contributed by atoms with van der Waals surface area (Å²) in [6.45, 7) is 7.90. The molecule has 6 nitrogen and oxygen atoms in total. The first-order valence-corrected chi connectivity index (χ1v) is 8.91. The van der Waals surface area contributed by atoms with Gasteiger partial charge in [-0.1, -0.05) is 0 Å². The second-order valence-electron chi connectivity index (χ2n) is 7.44. The van der Waals surface area contributed by atoms with Crippen LogP contribution in [0.1, 0.15) is 42.4 Å². The Bertz CT molecular complexity index is 693. The fraction of sp³-hybridized carbons (Fsp3) is 0.667. The van der Waals surface area contributed by atoms with E-state index in [1.54, 1.807) is 0 Å². The molecule has 0 unspecified atom stereocenters. The quantitative estimate of drug-likeness (QED) is 0.911. The maximum Gasteiger partial charge on any atom is 0.208 e. The van der Waals surface area contributed by atoms with Gasteiger partial charge in [0.2, 0.25) is 5.89 Å². The summed E-state index contributed by atoms with van der Waals surface area (Å²) in [5, 5.41) is 3.49. The van der Waals surface area contributed by atoms with E-state index in [0.29, 0.717) is 11.5 Å². The molecule has 1 saturated heterocycles. The summed E-state index contributed by atoms with van der Waals surface area (Å²) in [6.07, 6.45) is 7.73. The van der Waals surface area contributed by atoms with Crippen molar-refractivity contribution in [3.63, 3.8) is 0 Å². The molecule has 2 aromatic rings. The molecule has 0 aromatic carbocycles. The molecular formula is C18H27N5O. The Morgan fingerprint density at radius 2 is 2.12 bits per heavy atom. The third kappa shape index (κ3) is 2.89. The van der Waals surface area contributed by atoms with Gasteiger partial charge < -0.3 is 14.3 Å². The van der Waals surface area contributed by atoms with Gasteiger partial charge in [0.1, 0.15) is 11.6 Å². The highest BCUT2D eigenvalue weighted by molar-refractivity contribution is 5.12. The molecule has 0 radical (unpaired) electrons. The zero-order chi connectivity index (χ0) is 16.7. The van der Waals surface area contributed by atoms with Gasteiger partial charge in [0.15, 0.2) is 0 Å². The van der Waals surface area contributed by atoms with Crippen LogP contribution < -0.4 is 5.32 Å². The fourth-order valence-electron chi connectivity index (χ4n) is 4.09. The number of oxazole rings is 1. The fourth-order valence-corrected chi connectivity index (χ4v) is 4.09. The average molecular weight is 329 g/mol. The highest BCUT2D eigenvalue weighted by atomic mass is 16.4. The minimum atomic E-state index is 0.493. The van der Waals surface area contributed by atoms with Gasteiger partial charge >= 0.3 is 0 Å². The maximum absolute atomic E-state index is 5.86. The largest absolute Gasteiger partial charge is 0.444 e. The Kier molecular flexibility index (Phi) is 3.96. The van der Waals surface area contributed by atoms with Crippen LogP contribution in [0.15, 0.2) is 16.8 Å². The zero-order valence-corrected chi connectivity index (χ0v) is 14.9. The van der Waals surface area contributed by atoms with E-state index < -0.39 is 0 Å². The molecule has 3 heterocycles. The van der Waals surface area contributed by atoms with Crippen LogP contribution in [0.4, 0.5) is 0 Å². The minimum Gasteiger partial charge on any atom is -0.444 e. The Morgan fingerprint density at radius 1 is 1.33 bits per heavy atom. The molecule has 2 aliphatic rings. The SMILES string of the molecule is Cc1nc(CN(Cc2nccn2C)[C@H]2CC23CCNCC3)oc1C. The molecule has 2 fully saturated rings. The predicted octanol–water partition coefficient (Wildman–Crippen LogP) is 2.17. The van der Waals surface area contributed by atoms with Crippen molar-refractivity contribution in [3.05, 3.63) is 35.6 Å². The van der Waals surface area contributed by atoms with E-state index in [1.165, 1.54) is 19.3 Å². The van der Waals surface area contributed by atoms with E-state index in [0.717, 1.165) is 49.3 Å². The average Bonchev–Trinajstić information content (AvgIpc) is 2.91. The molecule has 0 bridgehead atoms. The van der Waals surface area contributed by atoms with Crippen molar-refractivity contribution in [2.45, 2.75) is 52.2 Å². The van der Waals surface area contributed by atoms with E-state index in [-0.39, 0.29) is 0 Å². The first-order chi connectivity index (χ1) is 11.6. The number of piperidine rings is 1. The number of aromatic nitrogens is 3. The number of imidazole rings is 1. The summed E-state index contributed by atoms with van der Waals surface area (Å²) in [5.74, 6) is 2.86. The standard InChI is InChI=1S/C18H27N5O/c1-13-14(2)24-17(21-13)12-23(11-16-20-8-9-22(16)3)15-10-18(15)4-6-19-7-5-18/h8-9,15,19H,4-7,10-12H2,1-3H3/t15-/m0/s1. The van der Waals surface area contributed by atoms with Crippen LogP contribution in [0, 0.1) is 19.3 Å².